The minimum Gasteiger partial charge on any atom is -0.337 e. The number of amides is 3. The molecule has 6 heteroatoms. The predicted octanol–water partition coefficient (Wildman–Crippen LogP) is 4.51. The number of para-hydroxylation sites is 1. The molecule has 1 aliphatic rings. The SMILES string of the molecule is CC1CC(C)CN(C(=O)c2ccc(NC(=O)Nc3ccccc3)s2)C1. The molecule has 2 unspecified atom stereocenters. The molecule has 5 nitrogen and oxygen atoms in total. The van der Waals surface area contributed by atoms with Crippen molar-refractivity contribution >= 4 is 34.0 Å². The smallest absolute Gasteiger partial charge is 0.324 e. The number of anilines is 2. The molecule has 1 saturated heterocycles. The highest BCUT2D eigenvalue weighted by Crippen LogP contribution is 2.27. The summed E-state index contributed by atoms with van der Waals surface area (Å²) < 4.78 is 0. The number of carbonyl (C=O) groups excluding carboxylic acids is 2. The highest BCUT2D eigenvalue weighted by atomic mass is 32.1. The number of nitrogens with one attached hydrogen (secondary N) is 2. The molecule has 132 valence electrons. The fourth-order valence-corrected chi connectivity index (χ4v) is 4.17. The van der Waals surface area contributed by atoms with Crippen molar-refractivity contribution in [2.75, 3.05) is 23.7 Å². The van der Waals surface area contributed by atoms with E-state index in [1.165, 1.54) is 17.8 Å². The van der Waals surface area contributed by atoms with Gasteiger partial charge < -0.3 is 10.2 Å². The van der Waals surface area contributed by atoms with Gasteiger partial charge in [0, 0.05) is 18.8 Å². The van der Waals surface area contributed by atoms with Crippen molar-refractivity contribution in [1.29, 1.82) is 0 Å². The van der Waals surface area contributed by atoms with Crippen LogP contribution in [0.5, 0.6) is 0 Å². The number of nitrogens with zero attached hydrogens (tertiary/aromatic N) is 1. The van der Waals surface area contributed by atoms with Gasteiger partial charge in [-0.2, -0.15) is 0 Å². The van der Waals surface area contributed by atoms with Crippen molar-refractivity contribution in [3.63, 3.8) is 0 Å². The predicted molar refractivity (Wildman–Crippen MR) is 102 cm³/mol. The maximum Gasteiger partial charge on any atom is 0.324 e. The first-order valence-corrected chi connectivity index (χ1v) is 9.35. The Labute approximate surface area is 152 Å². The lowest BCUT2D eigenvalue weighted by atomic mass is 9.92. The lowest BCUT2D eigenvalue weighted by molar-refractivity contribution is 0.0628. The summed E-state index contributed by atoms with van der Waals surface area (Å²) in [4.78, 5) is 27.3. The van der Waals surface area contributed by atoms with Crippen LogP contribution in [0.25, 0.3) is 0 Å². The normalized spacial score (nSPS) is 20.2. The third kappa shape index (κ3) is 4.60. The number of piperidine rings is 1. The summed E-state index contributed by atoms with van der Waals surface area (Å²) in [5.41, 5.74) is 0.726. The lowest BCUT2D eigenvalue weighted by Crippen LogP contribution is -2.42. The Balaban J connectivity index is 1.60. The van der Waals surface area contributed by atoms with Crippen LogP contribution in [0.2, 0.25) is 0 Å². The fraction of sp³-hybridized carbons (Fsp3) is 0.368. The van der Waals surface area contributed by atoms with Crippen molar-refractivity contribution in [3.8, 4) is 0 Å². The number of carbonyl (C=O) groups is 2. The van der Waals surface area contributed by atoms with E-state index in [-0.39, 0.29) is 11.9 Å². The van der Waals surface area contributed by atoms with Crippen molar-refractivity contribution in [2.24, 2.45) is 11.8 Å². The molecule has 2 aromatic rings. The molecule has 2 atom stereocenters. The zero-order chi connectivity index (χ0) is 17.8. The van der Waals surface area contributed by atoms with Gasteiger partial charge in [0.1, 0.15) is 0 Å². The minimum absolute atomic E-state index is 0.0555. The molecular weight excluding hydrogens is 334 g/mol. The molecule has 0 saturated carbocycles. The molecule has 25 heavy (non-hydrogen) atoms. The van der Waals surface area contributed by atoms with Gasteiger partial charge in [-0.25, -0.2) is 4.79 Å². The Hall–Kier alpha value is -2.34. The first-order chi connectivity index (χ1) is 12.0. The van der Waals surface area contributed by atoms with Crippen molar-refractivity contribution in [2.45, 2.75) is 20.3 Å². The average Bonchev–Trinajstić information content (AvgIpc) is 3.02. The Morgan fingerprint density at radius 1 is 1.00 bits per heavy atom. The van der Waals surface area contributed by atoms with Gasteiger partial charge in [-0.15, -0.1) is 11.3 Å². The summed E-state index contributed by atoms with van der Waals surface area (Å²) >= 11 is 1.31. The van der Waals surface area contributed by atoms with Gasteiger partial charge in [-0.1, -0.05) is 32.0 Å². The summed E-state index contributed by atoms with van der Waals surface area (Å²) in [5.74, 6) is 1.11. The molecule has 1 fully saturated rings. The fourth-order valence-electron chi connectivity index (χ4n) is 3.30. The van der Waals surface area contributed by atoms with Gasteiger partial charge in [-0.05, 0) is 42.5 Å². The molecule has 0 radical (unpaired) electrons. The first-order valence-electron chi connectivity index (χ1n) is 8.53. The van der Waals surface area contributed by atoms with Gasteiger partial charge in [0.15, 0.2) is 0 Å². The van der Waals surface area contributed by atoms with E-state index in [0.717, 1.165) is 18.8 Å². The molecule has 3 rings (SSSR count). The molecule has 0 bridgehead atoms. The number of benzene rings is 1. The molecule has 2 N–H and O–H groups in total. The van der Waals surface area contributed by atoms with Gasteiger partial charge in [-0.3, -0.25) is 10.1 Å². The molecule has 0 spiro atoms. The van der Waals surface area contributed by atoms with Crippen LogP contribution in [0, 0.1) is 11.8 Å². The first kappa shape index (κ1) is 17.5. The van der Waals surface area contributed by atoms with E-state index in [2.05, 4.69) is 24.5 Å². The number of urea groups is 1. The lowest BCUT2D eigenvalue weighted by Gasteiger charge is -2.34. The number of hydrogen-bond acceptors (Lipinski definition) is 3. The zero-order valence-electron chi connectivity index (χ0n) is 14.5. The second-order valence-electron chi connectivity index (χ2n) is 6.77. The van der Waals surface area contributed by atoms with Gasteiger partial charge in [0.2, 0.25) is 0 Å². The summed E-state index contributed by atoms with van der Waals surface area (Å²) in [6, 6.07) is 12.5. The van der Waals surface area contributed by atoms with Crippen LogP contribution >= 0.6 is 11.3 Å². The van der Waals surface area contributed by atoms with Crippen LogP contribution in [0.1, 0.15) is 29.9 Å². The van der Waals surface area contributed by atoms with E-state index >= 15 is 0 Å². The molecule has 3 amide bonds. The minimum atomic E-state index is -0.313. The van der Waals surface area contributed by atoms with E-state index < -0.39 is 0 Å². The van der Waals surface area contributed by atoms with Gasteiger partial charge in [0.05, 0.1) is 9.88 Å². The largest absolute Gasteiger partial charge is 0.337 e. The van der Waals surface area contributed by atoms with E-state index in [1.807, 2.05) is 35.2 Å². The zero-order valence-corrected chi connectivity index (χ0v) is 15.3. The number of likely N-dealkylation sites (tertiary alicyclic amines) is 1. The van der Waals surface area contributed by atoms with Crippen molar-refractivity contribution in [3.05, 3.63) is 47.3 Å². The van der Waals surface area contributed by atoms with Crippen LogP contribution < -0.4 is 10.6 Å². The third-order valence-corrected chi connectivity index (χ3v) is 5.23. The van der Waals surface area contributed by atoms with Crippen LogP contribution in [-0.2, 0) is 0 Å². The quantitative estimate of drug-likeness (QED) is 0.849. The average molecular weight is 357 g/mol. The topological polar surface area (TPSA) is 61.4 Å². The number of rotatable bonds is 3. The number of thiophene rings is 1. The molecule has 1 aromatic carbocycles. The Bertz CT molecular complexity index is 734. The Morgan fingerprint density at radius 3 is 2.36 bits per heavy atom. The van der Waals surface area contributed by atoms with Crippen LogP contribution in [0.15, 0.2) is 42.5 Å². The van der Waals surface area contributed by atoms with Crippen LogP contribution in [0.4, 0.5) is 15.5 Å². The number of hydrogen-bond donors (Lipinski definition) is 2. The standard InChI is InChI=1S/C19H23N3O2S/c1-13-10-14(2)12-22(11-13)18(23)16-8-9-17(25-16)21-19(24)20-15-6-4-3-5-7-15/h3-9,13-14H,10-12H2,1-2H3,(H2,20,21,24). The van der Waals surface area contributed by atoms with Crippen LogP contribution in [-0.4, -0.2) is 29.9 Å². The highest BCUT2D eigenvalue weighted by Gasteiger charge is 2.27. The van der Waals surface area contributed by atoms with Gasteiger partial charge >= 0.3 is 6.03 Å². The molecular formula is C19H23N3O2S. The second-order valence-corrected chi connectivity index (χ2v) is 7.85. The maximum atomic E-state index is 12.7. The summed E-state index contributed by atoms with van der Waals surface area (Å²) in [6.07, 6.45) is 1.17. The summed E-state index contributed by atoms with van der Waals surface area (Å²) in [6.45, 7) is 5.98. The second kappa shape index (κ2) is 7.70. The van der Waals surface area contributed by atoms with E-state index in [9.17, 15) is 9.59 Å². The molecule has 1 aromatic heterocycles. The third-order valence-electron chi connectivity index (χ3n) is 4.24. The summed E-state index contributed by atoms with van der Waals surface area (Å²) in [5, 5.41) is 6.21. The van der Waals surface area contributed by atoms with E-state index in [1.54, 1.807) is 12.1 Å². The molecule has 2 heterocycles. The molecule has 0 aliphatic carbocycles. The molecule has 1 aliphatic heterocycles. The van der Waals surface area contributed by atoms with Crippen molar-refractivity contribution < 1.29 is 9.59 Å². The monoisotopic (exact) mass is 357 g/mol. The van der Waals surface area contributed by atoms with E-state index in [0.29, 0.717) is 21.7 Å². The van der Waals surface area contributed by atoms with Crippen molar-refractivity contribution in [1.82, 2.24) is 4.90 Å². The Kier molecular flexibility index (Phi) is 5.38. The highest BCUT2D eigenvalue weighted by molar-refractivity contribution is 7.18. The van der Waals surface area contributed by atoms with Gasteiger partial charge in [0.25, 0.3) is 5.91 Å². The summed E-state index contributed by atoms with van der Waals surface area (Å²) in [7, 11) is 0. The maximum absolute atomic E-state index is 12.7. The van der Waals surface area contributed by atoms with Crippen LogP contribution in [0.3, 0.4) is 0 Å². The van der Waals surface area contributed by atoms with E-state index in [4.69, 9.17) is 0 Å². The Morgan fingerprint density at radius 2 is 1.68 bits per heavy atom.